The predicted molar refractivity (Wildman–Crippen MR) is 115 cm³/mol. The van der Waals surface area contributed by atoms with Crippen molar-refractivity contribution < 1.29 is 23.8 Å². The van der Waals surface area contributed by atoms with Crippen molar-refractivity contribution in [1.82, 2.24) is 4.90 Å². The number of nitrogens with zero attached hydrogens (tertiary/aromatic N) is 1. The predicted octanol–water partition coefficient (Wildman–Crippen LogP) is 3.68. The van der Waals surface area contributed by atoms with E-state index >= 15 is 0 Å². The second kappa shape index (κ2) is 8.89. The van der Waals surface area contributed by atoms with E-state index in [1.165, 1.54) is 17.4 Å². The van der Waals surface area contributed by atoms with E-state index in [2.05, 4.69) is 17.1 Å². The second-order valence-electron chi connectivity index (χ2n) is 6.98. The molecule has 2 aliphatic heterocycles. The van der Waals surface area contributed by atoms with E-state index in [4.69, 9.17) is 14.2 Å². The molecular formula is C22H24N2O5S. The molecule has 8 heteroatoms. The van der Waals surface area contributed by atoms with Crippen LogP contribution in [0.5, 0.6) is 11.5 Å². The van der Waals surface area contributed by atoms with Gasteiger partial charge >= 0.3 is 5.97 Å². The SMILES string of the molecule is CCOC(=O)c1c(NC(=O)/C=C/c2ccc3c(c2)OCO3)sc2c1CCN(CC)C2. The molecule has 3 heterocycles. The highest BCUT2D eigenvalue weighted by Crippen LogP contribution is 2.38. The lowest BCUT2D eigenvalue weighted by molar-refractivity contribution is -0.111. The number of hydrogen-bond donors (Lipinski definition) is 1. The van der Waals surface area contributed by atoms with Gasteiger partial charge in [-0.05, 0) is 49.2 Å². The van der Waals surface area contributed by atoms with Crippen molar-refractivity contribution in [3.63, 3.8) is 0 Å². The first-order chi connectivity index (χ1) is 14.6. The third-order valence-corrected chi connectivity index (χ3v) is 6.26. The molecule has 0 spiro atoms. The summed E-state index contributed by atoms with van der Waals surface area (Å²) in [4.78, 5) is 28.6. The van der Waals surface area contributed by atoms with E-state index in [1.807, 2.05) is 18.2 Å². The molecule has 4 rings (SSSR count). The summed E-state index contributed by atoms with van der Waals surface area (Å²) in [5.41, 5.74) is 2.32. The van der Waals surface area contributed by atoms with Gasteiger partial charge in [-0.25, -0.2) is 4.79 Å². The topological polar surface area (TPSA) is 77.1 Å². The van der Waals surface area contributed by atoms with Gasteiger partial charge in [0, 0.05) is 24.0 Å². The fraction of sp³-hybridized carbons (Fsp3) is 0.364. The molecule has 7 nitrogen and oxygen atoms in total. The molecule has 0 unspecified atom stereocenters. The van der Waals surface area contributed by atoms with E-state index < -0.39 is 0 Å². The van der Waals surface area contributed by atoms with Crippen molar-refractivity contribution >= 4 is 34.3 Å². The Kier molecular flexibility index (Phi) is 6.06. The van der Waals surface area contributed by atoms with E-state index in [-0.39, 0.29) is 18.7 Å². The van der Waals surface area contributed by atoms with Crippen LogP contribution < -0.4 is 14.8 Å². The molecule has 1 aromatic heterocycles. The molecule has 0 aliphatic carbocycles. The number of carbonyl (C=O) groups excluding carboxylic acids is 2. The van der Waals surface area contributed by atoms with Crippen molar-refractivity contribution in [2.45, 2.75) is 26.8 Å². The highest BCUT2D eigenvalue weighted by molar-refractivity contribution is 7.17. The number of likely N-dealkylation sites (N-methyl/N-ethyl adjacent to an activating group) is 1. The Morgan fingerprint density at radius 3 is 2.90 bits per heavy atom. The number of carbonyl (C=O) groups is 2. The zero-order valence-electron chi connectivity index (χ0n) is 17.0. The normalized spacial score (nSPS) is 15.3. The molecule has 30 heavy (non-hydrogen) atoms. The first kappa shape index (κ1) is 20.4. The zero-order valence-corrected chi connectivity index (χ0v) is 17.8. The number of fused-ring (bicyclic) bond motifs is 2. The van der Waals surface area contributed by atoms with Crippen LogP contribution in [0, 0.1) is 0 Å². The highest BCUT2D eigenvalue weighted by atomic mass is 32.1. The van der Waals surface area contributed by atoms with E-state index in [0.717, 1.165) is 42.1 Å². The maximum absolute atomic E-state index is 12.6. The third-order valence-electron chi connectivity index (χ3n) is 5.12. The van der Waals surface area contributed by atoms with Gasteiger partial charge in [0.1, 0.15) is 5.00 Å². The van der Waals surface area contributed by atoms with Crippen LogP contribution in [0.25, 0.3) is 6.08 Å². The number of esters is 1. The minimum Gasteiger partial charge on any atom is -0.462 e. The fourth-order valence-electron chi connectivity index (χ4n) is 3.58. The van der Waals surface area contributed by atoms with Crippen LogP contribution >= 0.6 is 11.3 Å². The number of anilines is 1. The Morgan fingerprint density at radius 2 is 2.10 bits per heavy atom. The second-order valence-corrected chi connectivity index (χ2v) is 8.09. The van der Waals surface area contributed by atoms with E-state index in [0.29, 0.717) is 28.7 Å². The molecule has 0 radical (unpaired) electrons. The number of rotatable bonds is 6. The summed E-state index contributed by atoms with van der Waals surface area (Å²) in [6, 6.07) is 5.48. The van der Waals surface area contributed by atoms with Gasteiger partial charge in [-0.15, -0.1) is 11.3 Å². The Balaban J connectivity index is 1.53. The largest absolute Gasteiger partial charge is 0.462 e. The summed E-state index contributed by atoms with van der Waals surface area (Å²) in [6.07, 6.45) is 3.92. The maximum atomic E-state index is 12.6. The van der Waals surface area contributed by atoms with Crippen LogP contribution in [0.1, 0.15) is 40.2 Å². The number of amides is 1. The molecule has 1 aromatic carbocycles. The van der Waals surface area contributed by atoms with Gasteiger partial charge in [-0.3, -0.25) is 9.69 Å². The lowest BCUT2D eigenvalue weighted by Crippen LogP contribution is -2.30. The first-order valence-corrected chi connectivity index (χ1v) is 10.8. The molecule has 158 valence electrons. The van der Waals surface area contributed by atoms with Gasteiger partial charge in [-0.1, -0.05) is 13.0 Å². The smallest absolute Gasteiger partial charge is 0.341 e. The Morgan fingerprint density at radius 1 is 1.27 bits per heavy atom. The monoisotopic (exact) mass is 428 g/mol. The number of thiophene rings is 1. The fourth-order valence-corrected chi connectivity index (χ4v) is 4.86. The Bertz CT molecular complexity index is 998. The van der Waals surface area contributed by atoms with Crippen LogP contribution in [0.3, 0.4) is 0 Å². The summed E-state index contributed by atoms with van der Waals surface area (Å²) in [5.74, 6) is 0.675. The summed E-state index contributed by atoms with van der Waals surface area (Å²) < 4.78 is 15.9. The van der Waals surface area contributed by atoms with Crippen LogP contribution in [0.15, 0.2) is 24.3 Å². The minimum atomic E-state index is -0.380. The molecule has 1 N–H and O–H groups in total. The molecule has 2 aromatic rings. The number of ether oxygens (including phenoxy) is 3. The van der Waals surface area contributed by atoms with Gasteiger partial charge in [0.05, 0.1) is 12.2 Å². The molecular weight excluding hydrogens is 404 g/mol. The third kappa shape index (κ3) is 4.20. The Labute approximate surface area is 179 Å². The van der Waals surface area contributed by atoms with Gasteiger partial charge in [-0.2, -0.15) is 0 Å². The Hall–Kier alpha value is -2.84. The maximum Gasteiger partial charge on any atom is 0.341 e. The number of benzene rings is 1. The summed E-state index contributed by atoms with van der Waals surface area (Å²) in [7, 11) is 0. The molecule has 0 saturated heterocycles. The van der Waals surface area contributed by atoms with Gasteiger partial charge < -0.3 is 19.5 Å². The zero-order chi connectivity index (χ0) is 21.1. The van der Waals surface area contributed by atoms with Gasteiger partial charge in [0.15, 0.2) is 11.5 Å². The molecule has 2 aliphatic rings. The van der Waals surface area contributed by atoms with Crippen LogP contribution in [0.4, 0.5) is 5.00 Å². The summed E-state index contributed by atoms with van der Waals surface area (Å²) in [5, 5.41) is 3.43. The first-order valence-electron chi connectivity index (χ1n) is 10.0. The van der Waals surface area contributed by atoms with E-state index in [9.17, 15) is 9.59 Å². The summed E-state index contributed by atoms with van der Waals surface area (Å²) in [6.45, 7) is 7.03. The van der Waals surface area contributed by atoms with Crippen LogP contribution in [-0.2, 0) is 22.5 Å². The van der Waals surface area contributed by atoms with Crippen LogP contribution in [0.2, 0.25) is 0 Å². The van der Waals surface area contributed by atoms with Crippen molar-refractivity contribution in [3.05, 3.63) is 45.8 Å². The molecule has 0 saturated carbocycles. The standard InChI is InChI=1S/C22H24N2O5S/c1-3-24-10-9-15-18(12-24)30-21(20(15)22(26)27-4-2)23-19(25)8-6-14-5-7-16-17(11-14)29-13-28-16/h5-8,11H,3-4,9-10,12-13H2,1-2H3,(H,23,25)/b8-6+. The van der Waals surface area contributed by atoms with Crippen molar-refractivity contribution in [2.75, 3.05) is 31.8 Å². The minimum absolute atomic E-state index is 0.206. The summed E-state index contributed by atoms with van der Waals surface area (Å²) >= 11 is 1.46. The van der Waals surface area contributed by atoms with E-state index in [1.54, 1.807) is 13.0 Å². The van der Waals surface area contributed by atoms with Crippen molar-refractivity contribution in [2.24, 2.45) is 0 Å². The van der Waals surface area contributed by atoms with Gasteiger partial charge in [0.25, 0.3) is 0 Å². The quantitative estimate of drug-likeness (QED) is 0.559. The van der Waals surface area contributed by atoms with Crippen molar-refractivity contribution in [3.8, 4) is 11.5 Å². The number of nitrogens with one attached hydrogen (secondary N) is 1. The lowest BCUT2D eigenvalue weighted by Gasteiger charge is -2.25. The molecule has 0 fully saturated rings. The highest BCUT2D eigenvalue weighted by Gasteiger charge is 2.28. The molecule has 0 atom stereocenters. The van der Waals surface area contributed by atoms with Crippen LogP contribution in [-0.4, -0.2) is 43.3 Å². The average molecular weight is 429 g/mol. The van der Waals surface area contributed by atoms with Crippen molar-refractivity contribution in [1.29, 1.82) is 0 Å². The molecule has 0 bridgehead atoms. The number of hydrogen-bond acceptors (Lipinski definition) is 7. The lowest BCUT2D eigenvalue weighted by atomic mass is 10.0. The van der Waals surface area contributed by atoms with Gasteiger partial charge in [0.2, 0.25) is 12.7 Å². The average Bonchev–Trinajstić information content (AvgIpc) is 3.35. The molecule has 1 amide bonds.